The maximum absolute atomic E-state index is 11.1. The van der Waals surface area contributed by atoms with E-state index in [4.69, 9.17) is 0 Å². The van der Waals surface area contributed by atoms with E-state index in [1.165, 1.54) is 7.11 Å². The minimum Gasteiger partial charge on any atom is -0.469 e. The van der Waals surface area contributed by atoms with Gasteiger partial charge in [0.15, 0.2) is 9.84 Å². The Bertz CT molecular complexity index is 326. The second kappa shape index (κ2) is 4.91. The van der Waals surface area contributed by atoms with Crippen LogP contribution in [-0.4, -0.2) is 56.8 Å². The van der Waals surface area contributed by atoms with Crippen LogP contribution in [-0.2, 0) is 19.4 Å². The Hall–Kier alpha value is -0.660. The fraction of sp³-hybridized carbons (Fsp3) is 0.875. The van der Waals surface area contributed by atoms with Crippen molar-refractivity contribution in [3.63, 3.8) is 0 Å². The van der Waals surface area contributed by atoms with Crippen LogP contribution < -0.4 is 5.32 Å². The molecule has 1 aliphatic rings. The molecule has 0 aromatic rings. The highest BCUT2D eigenvalue weighted by atomic mass is 32.2. The zero-order valence-electron chi connectivity index (χ0n) is 8.47. The summed E-state index contributed by atoms with van der Waals surface area (Å²) in [4.78, 5) is 10.8. The lowest BCUT2D eigenvalue weighted by Gasteiger charge is -2.13. The molecule has 0 amide bonds. The van der Waals surface area contributed by atoms with E-state index in [2.05, 4.69) is 10.1 Å². The topological polar surface area (TPSA) is 92.7 Å². The molecule has 0 spiro atoms. The third-order valence-electron chi connectivity index (χ3n) is 2.29. The van der Waals surface area contributed by atoms with Gasteiger partial charge >= 0.3 is 5.97 Å². The molecule has 1 saturated heterocycles. The van der Waals surface area contributed by atoms with E-state index >= 15 is 0 Å². The second-order valence-electron chi connectivity index (χ2n) is 3.53. The van der Waals surface area contributed by atoms with E-state index in [1.54, 1.807) is 0 Å². The minimum absolute atomic E-state index is 0.0741. The second-order valence-corrected chi connectivity index (χ2v) is 5.68. The molecular formula is C8H15NO5S. The zero-order chi connectivity index (χ0) is 11.5. The molecule has 1 heterocycles. The van der Waals surface area contributed by atoms with Gasteiger partial charge in [0.25, 0.3) is 0 Å². The monoisotopic (exact) mass is 237 g/mol. The third-order valence-corrected chi connectivity index (χ3v) is 4.00. The van der Waals surface area contributed by atoms with Gasteiger partial charge in [-0.05, 0) is 0 Å². The fourth-order valence-electron chi connectivity index (χ4n) is 1.49. The SMILES string of the molecule is COC(=O)CCNC1CS(=O)(=O)CC1O. The van der Waals surface area contributed by atoms with Crippen molar-refractivity contribution in [2.24, 2.45) is 0 Å². The van der Waals surface area contributed by atoms with Crippen molar-refractivity contribution in [1.82, 2.24) is 5.32 Å². The molecule has 2 atom stereocenters. The van der Waals surface area contributed by atoms with E-state index < -0.39 is 22.0 Å². The van der Waals surface area contributed by atoms with Gasteiger partial charge in [0.05, 0.1) is 31.1 Å². The molecular weight excluding hydrogens is 222 g/mol. The molecule has 1 fully saturated rings. The molecule has 0 bridgehead atoms. The van der Waals surface area contributed by atoms with Crippen molar-refractivity contribution >= 4 is 15.8 Å². The number of carbonyl (C=O) groups is 1. The molecule has 2 unspecified atom stereocenters. The summed E-state index contributed by atoms with van der Waals surface area (Å²) in [5, 5.41) is 12.2. The maximum Gasteiger partial charge on any atom is 0.306 e. The Kier molecular flexibility index (Phi) is 4.06. The standard InChI is InChI=1S/C8H15NO5S/c1-14-8(11)2-3-9-6-4-15(12,13)5-7(6)10/h6-7,9-10H,2-5H2,1H3. The fourth-order valence-corrected chi connectivity index (χ4v) is 3.26. The predicted octanol–water partition coefficient (Wildman–Crippen LogP) is -1.70. The van der Waals surface area contributed by atoms with E-state index in [-0.39, 0.29) is 23.9 Å². The molecule has 7 heteroatoms. The Morgan fingerprint density at radius 1 is 1.53 bits per heavy atom. The molecule has 0 saturated carbocycles. The van der Waals surface area contributed by atoms with Crippen LogP contribution in [0.2, 0.25) is 0 Å². The van der Waals surface area contributed by atoms with Crippen LogP contribution in [0.5, 0.6) is 0 Å². The highest BCUT2D eigenvalue weighted by molar-refractivity contribution is 7.91. The summed E-state index contributed by atoms with van der Waals surface area (Å²) in [7, 11) is -1.84. The highest BCUT2D eigenvalue weighted by Gasteiger charge is 2.35. The number of hydrogen-bond acceptors (Lipinski definition) is 6. The Labute approximate surface area is 88.5 Å². The lowest BCUT2D eigenvalue weighted by molar-refractivity contribution is -0.140. The van der Waals surface area contributed by atoms with Crippen LogP contribution in [0, 0.1) is 0 Å². The number of rotatable bonds is 4. The Morgan fingerprint density at radius 3 is 2.67 bits per heavy atom. The van der Waals surface area contributed by atoms with Crippen LogP contribution in [0.15, 0.2) is 0 Å². The summed E-state index contributed by atoms with van der Waals surface area (Å²) in [6.07, 6.45) is -0.715. The number of nitrogens with one attached hydrogen (secondary N) is 1. The van der Waals surface area contributed by atoms with Gasteiger partial charge in [-0.3, -0.25) is 4.79 Å². The lowest BCUT2D eigenvalue weighted by atomic mass is 10.2. The van der Waals surface area contributed by atoms with Crippen LogP contribution in [0.1, 0.15) is 6.42 Å². The predicted molar refractivity (Wildman–Crippen MR) is 53.1 cm³/mol. The number of esters is 1. The number of aliphatic hydroxyl groups excluding tert-OH is 1. The van der Waals surface area contributed by atoms with Crippen molar-refractivity contribution in [3.05, 3.63) is 0 Å². The molecule has 0 aromatic heterocycles. The van der Waals surface area contributed by atoms with Crippen molar-refractivity contribution < 1.29 is 23.1 Å². The van der Waals surface area contributed by atoms with E-state index in [0.717, 1.165) is 0 Å². The molecule has 0 radical (unpaired) electrons. The van der Waals surface area contributed by atoms with Crippen LogP contribution in [0.4, 0.5) is 0 Å². The molecule has 1 rings (SSSR count). The molecule has 6 nitrogen and oxygen atoms in total. The largest absolute Gasteiger partial charge is 0.469 e. The van der Waals surface area contributed by atoms with Crippen LogP contribution >= 0.6 is 0 Å². The van der Waals surface area contributed by atoms with Gasteiger partial charge in [0.2, 0.25) is 0 Å². The highest BCUT2D eigenvalue weighted by Crippen LogP contribution is 2.12. The first kappa shape index (κ1) is 12.4. The Balaban J connectivity index is 2.31. The molecule has 0 aromatic carbocycles. The van der Waals surface area contributed by atoms with Crippen molar-refractivity contribution in [2.75, 3.05) is 25.2 Å². The van der Waals surface area contributed by atoms with E-state index in [0.29, 0.717) is 6.54 Å². The van der Waals surface area contributed by atoms with E-state index in [1.807, 2.05) is 0 Å². The first-order valence-corrected chi connectivity index (χ1v) is 6.45. The van der Waals surface area contributed by atoms with Gasteiger partial charge in [0, 0.05) is 12.6 Å². The summed E-state index contributed by atoms with van der Waals surface area (Å²) in [6.45, 7) is 0.309. The number of hydrogen-bond donors (Lipinski definition) is 2. The normalized spacial score (nSPS) is 28.9. The van der Waals surface area contributed by atoms with E-state index in [9.17, 15) is 18.3 Å². The average molecular weight is 237 g/mol. The lowest BCUT2D eigenvalue weighted by Crippen LogP contribution is -2.39. The van der Waals surface area contributed by atoms with Crippen LogP contribution in [0.3, 0.4) is 0 Å². The maximum atomic E-state index is 11.1. The smallest absolute Gasteiger partial charge is 0.306 e. The zero-order valence-corrected chi connectivity index (χ0v) is 9.29. The number of sulfone groups is 1. The van der Waals surface area contributed by atoms with Gasteiger partial charge in [-0.25, -0.2) is 8.42 Å². The average Bonchev–Trinajstić information content (AvgIpc) is 2.39. The number of carbonyl (C=O) groups excluding carboxylic acids is 1. The quantitative estimate of drug-likeness (QED) is 0.566. The minimum atomic E-state index is -3.13. The first-order chi connectivity index (χ1) is 6.94. The van der Waals surface area contributed by atoms with Gasteiger partial charge in [-0.15, -0.1) is 0 Å². The molecule has 1 aliphatic heterocycles. The molecule has 0 aliphatic carbocycles. The summed E-state index contributed by atoms with van der Waals surface area (Å²) >= 11 is 0. The van der Waals surface area contributed by atoms with Crippen LogP contribution in [0.25, 0.3) is 0 Å². The molecule has 88 valence electrons. The van der Waals surface area contributed by atoms with Crippen molar-refractivity contribution in [2.45, 2.75) is 18.6 Å². The van der Waals surface area contributed by atoms with Gasteiger partial charge in [-0.1, -0.05) is 0 Å². The molecule has 15 heavy (non-hydrogen) atoms. The Morgan fingerprint density at radius 2 is 2.20 bits per heavy atom. The van der Waals surface area contributed by atoms with Gasteiger partial charge in [-0.2, -0.15) is 0 Å². The van der Waals surface area contributed by atoms with Crippen molar-refractivity contribution in [1.29, 1.82) is 0 Å². The van der Waals surface area contributed by atoms with Gasteiger partial charge in [0.1, 0.15) is 0 Å². The van der Waals surface area contributed by atoms with Gasteiger partial charge < -0.3 is 15.2 Å². The molecule has 2 N–H and O–H groups in total. The summed E-state index contributed by atoms with van der Waals surface area (Å²) in [5.41, 5.74) is 0. The summed E-state index contributed by atoms with van der Waals surface area (Å²) in [5.74, 6) is -0.643. The number of methoxy groups -OCH3 is 1. The summed E-state index contributed by atoms with van der Waals surface area (Å²) < 4.78 is 26.6. The number of ether oxygens (including phenoxy) is 1. The van der Waals surface area contributed by atoms with Crippen molar-refractivity contribution in [3.8, 4) is 0 Å². The first-order valence-electron chi connectivity index (χ1n) is 4.63. The third kappa shape index (κ3) is 3.77. The number of aliphatic hydroxyl groups is 1. The summed E-state index contributed by atoms with van der Waals surface area (Å²) in [6, 6.07) is -0.473.